The van der Waals surface area contributed by atoms with Crippen molar-refractivity contribution in [2.45, 2.75) is 24.7 Å². The first kappa shape index (κ1) is 12.8. The highest BCUT2D eigenvalue weighted by Crippen LogP contribution is 2.18. The molecule has 1 N–H and O–H groups in total. The molecule has 0 aliphatic carbocycles. The summed E-state index contributed by atoms with van der Waals surface area (Å²) in [5.74, 6) is 1.44. The zero-order valence-electron chi connectivity index (χ0n) is 10.3. The van der Waals surface area contributed by atoms with Gasteiger partial charge in [0.2, 0.25) is 0 Å². The lowest BCUT2D eigenvalue weighted by Gasteiger charge is -1.99. The number of nitrogens with one attached hydrogen (secondary N) is 1. The molecular weight excluding hydrogens is 250 g/mol. The molecular formula is C12H15N3O2S. The number of rotatable bonds is 4. The van der Waals surface area contributed by atoms with Gasteiger partial charge in [-0.3, -0.25) is 5.10 Å². The third kappa shape index (κ3) is 2.76. The van der Waals surface area contributed by atoms with Gasteiger partial charge in [-0.2, -0.15) is 5.10 Å². The van der Waals surface area contributed by atoms with Crippen LogP contribution in [0.25, 0.3) is 11.4 Å². The summed E-state index contributed by atoms with van der Waals surface area (Å²) in [6.07, 6.45) is 3.05. The molecule has 0 spiro atoms. The van der Waals surface area contributed by atoms with E-state index in [4.69, 9.17) is 0 Å². The first-order valence-corrected chi connectivity index (χ1v) is 7.61. The molecule has 0 radical (unpaired) electrons. The Bertz CT molecular complexity index is 630. The second-order valence-electron chi connectivity index (χ2n) is 4.15. The van der Waals surface area contributed by atoms with Gasteiger partial charge in [0.15, 0.2) is 15.7 Å². The van der Waals surface area contributed by atoms with Crippen LogP contribution in [-0.2, 0) is 16.3 Å². The van der Waals surface area contributed by atoms with Crippen LogP contribution < -0.4 is 0 Å². The maximum absolute atomic E-state index is 11.3. The minimum atomic E-state index is -3.15. The third-order valence-electron chi connectivity index (χ3n) is 2.56. The molecule has 0 aliphatic rings. The quantitative estimate of drug-likeness (QED) is 0.915. The summed E-state index contributed by atoms with van der Waals surface area (Å²) >= 11 is 0. The Morgan fingerprint density at radius 2 is 1.89 bits per heavy atom. The molecule has 0 bridgehead atoms. The van der Waals surface area contributed by atoms with Crippen LogP contribution in [0.3, 0.4) is 0 Å². The summed E-state index contributed by atoms with van der Waals surface area (Å²) in [5.41, 5.74) is 0.806. The van der Waals surface area contributed by atoms with E-state index in [2.05, 4.69) is 22.1 Å². The lowest BCUT2D eigenvalue weighted by atomic mass is 10.2. The minimum Gasteiger partial charge on any atom is -0.263 e. The molecule has 0 fully saturated rings. The number of aromatic amines is 1. The first-order chi connectivity index (χ1) is 8.50. The molecule has 0 saturated carbocycles. The van der Waals surface area contributed by atoms with Crippen molar-refractivity contribution in [2.24, 2.45) is 0 Å². The van der Waals surface area contributed by atoms with Crippen molar-refractivity contribution >= 4 is 9.84 Å². The Morgan fingerprint density at radius 3 is 2.44 bits per heavy atom. The molecule has 18 heavy (non-hydrogen) atoms. The predicted octanol–water partition coefficient (Wildman–Crippen LogP) is 1.83. The second kappa shape index (κ2) is 4.89. The number of aromatic nitrogens is 3. The van der Waals surface area contributed by atoms with Gasteiger partial charge in [0.25, 0.3) is 0 Å². The van der Waals surface area contributed by atoms with E-state index in [1.807, 2.05) is 0 Å². The molecule has 0 aliphatic heterocycles. The fourth-order valence-electron chi connectivity index (χ4n) is 1.62. The van der Waals surface area contributed by atoms with Gasteiger partial charge in [-0.15, -0.1) is 0 Å². The topological polar surface area (TPSA) is 75.7 Å². The zero-order valence-corrected chi connectivity index (χ0v) is 11.2. The molecule has 0 saturated heterocycles. The Labute approximate surface area is 106 Å². The number of aryl methyl sites for hydroxylation is 1. The maximum Gasteiger partial charge on any atom is 0.181 e. The van der Waals surface area contributed by atoms with Crippen molar-refractivity contribution in [3.8, 4) is 11.4 Å². The number of hydrogen-bond acceptors (Lipinski definition) is 4. The number of hydrogen-bond donors (Lipinski definition) is 1. The van der Waals surface area contributed by atoms with Gasteiger partial charge in [-0.25, -0.2) is 13.4 Å². The molecule has 5 nitrogen and oxygen atoms in total. The number of benzene rings is 1. The van der Waals surface area contributed by atoms with Crippen molar-refractivity contribution in [1.82, 2.24) is 15.2 Å². The van der Waals surface area contributed by atoms with Crippen LogP contribution in [0.1, 0.15) is 19.2 Å². The van der Waals surface area contributed by atoms with Crippen LogP contribution in [0.5, 0.6) is 0 Å². The highest BCUT2D eigenvalue weighted by molar-refractivity contribution is 7.90. The summed E-state index contributed by atoms with van der Waals surface area (Å²) in [5, 5.41) is 6.98. The van der Waals surface area contributed by atoms with Crippen LogP contribution in [0.2, 0.25) is 0 Å². The average Bonchev–Trinajstić information content (AvgIpc) is 2.77. The number of H-pyrrole nitrogens is 1. The smallest absolute Gasteiger partial charge is 0.181 e. The fraction of sp³-hybridized carbons (Fsp3) is 0.333. The SMILES string of the molecule is CCCc1nc(-c2ccc(S(C)(=O)=O)cc2)n[nH]1. The van der Waals surface area contributed by atoms with Crippen LogP contribution in [0, 0.1) is 0 Å². The van der Waals surface area contributed by atoms with Gasteiger partial charge >= 0.3 is 0 Å². The van der Waals surface area contributed by atoms with Crippen molar-refractivity contribution in [3.63, 3.8) is 0 Å². The highest BCUT2D eigenvalue weighted by atomic mass is 32.2. The summed E-state index contributed by atoms with van der Waals surface area (Å²) in [6, 6.07) is 6.58. The second-order valence-corrected chi connectivity index (χ2v) is 6.17. The largest absolute Gasteiger partial charge is 0.263 e. The van der Waals surface area contributed by atoms with E-state index < -0.39 is 9.84 Å². The Kier molecular flexibility index (Phi) is 3.47. The number of sulfone groups is 1. The highest BCUT2D eigenvalue weighted by Gasteiger charge is 2.09. The summed E-state index contributed by atoms with van der Waals surface area (Å²) in [6.45, 7) is 2.07. The van der Waals surface area contributed by atoms with Crippen molar-refractivity contribution in [2.75, 3.05) is 6.26 Å². The lowest BCUT2D eigenvalue weighted by molar-refractivity contribution is 0.602. The normalized spacial score (nSPS) is 11.7. The maximum atomic E-state index is 11.3. The monoisotopic (exact) mass is 265 g/mol. The van der Waals surface area contributed by atoms with E-state index in [0.717, 1.165) is 24.2 Å². The summed E-state index contributed by atoms with van der Waals surface area (Å²) in [7, 11) is -3.15. The summed E-state index contributed by atoms with van der Waals surface area (Å²) < 4.78 is 22.7. The Hall–Kier alpha value is -1.69. The van der Waals surface area contributed by atoms with E-state index in [-0.39, 0.29) is 0 Å². The van der Waals surface area contributed by atoms with Gasteiger partial charge in [-0.1, -0.05) is 6.92 Å². The molecule has 1 aromatic heterocycles. The third-order valence-corrected chi connectivity index (χ3v) is 3.69. The van der Waals surface area contributed by atoms with Crippen molar-refractivity contribution in [3.05, 3.63) is 30.1 Å². The molecule has 6 heteroatoms. The van der Waals surface area contributed by atoms with Crippen molar-refractivity contribution in [1.29, 1.82) is 0 Å². The predicted molar refractivity (Wildman–Crippen MR) is 68.9 cm³/mol. The molecule has 1 aromatic carbocycles. The molecule has 0 unspecified atom stereocenters. The molecule has 0 atom stereocenters. The molecule has 2 rings (SSSR count). The van der Waals surface area contributed by atoms with E-state index in [1.54, 1.807) is 24.3 Å². The van der Waals surface area contributed by atoms with Crippen LogP contribution in [0.4, 0.5) is 0 Å². The fourth-order valence-corrected chi connectivity index (χ4v) is 2.25. The van der Waals surface area contributed by atoms with Gasteiger partial charge in [0.05, 0.1) is 4.90 Å². The minimum absolute atomic E-state index is 0.301. The van der Waals surface area contributed by atoms with Gasteiger partial charge in [0, 0.05) is 18.2 Å². The van der Waals surface area contributed by atoms with Crippen LogP contribution >= 0.6 is 0 Å². The molecule has 2 aromatic rings. The summed E-state index contributed by atoms with van der Waals surface area (Å²) in [4.78, 5) is 4.65. The molecule has 96 valence electrons. The zero-order chi connectivity index (χ0) is 13.2. The first-order valence-electron chi connectivity index (χ1n) is 5.72. The molecule has 0 amide bonds. The Balaban J connectivity index is 2.28. The van der Waals surface area contributed by atoms with Crippen LogP contribution in [0.15, 0.2) is 29.2 Å². The lowest BCUT2D eigenvalue weighted by Crippen LogP contribution is -1.96. The average molecular weight is 265 g/mol. The molecule has 1 heterocycles. The van der Waals surface area contributed by atoms with E-state index >= 15 is 0 Å². The van der Waals surface area contributed by atoms with E-state index in [0.29, 0.717) is 10.7 Å². The van der Waals surface area contributed by atoms with Gasteiger partial charge in [-0.05, 0) is 30.7 Å². The van der Waals surface area contributed by atoms with Gasteiger partial charge in [0.1, 0.15) is 5.82 Å². The van der Waals surface area contributed by atoms with E-state index in [9.17, 15) is 8.42 Å². The number of nitrogens with zero attached hydrogens (tertiary/aromatic N) is 2. The van der Waals surface area contributed by atoms with Crippen molar-refractivity contribution < 1.29 is 8.42 Å². The van der Waals surface area contributed by atoms with Crippen LogP contribution in [-0.4, -0.2) is 29.9 Å². The Morgan fingerprint density at radius 1 is 1.22 bits per heavy atom. The van der Waals surface area contributed by atoms with Gasteiger partial charge < -0.3 is 0 Å². The standard InChI is InChI=1S/C12H15N3O2S/c1-3-4-11-13-12(15-14-11)9-5-7-10(8-6-9)18(2,16)17/h5-8H,3-4H2,1-2H3,(H,13,14,15). The van der Waals surface area contributed by atoms with E-state index in [1.165, 1.54) is 6.26 Å².